The van der Waals surface area contributed by atoms with Crippen molar-refractivity contribution in [2.75, 3.05) is 18.9 Å². The minimum Gasteiger partial charge on any atom is -0.398 e. The Balaban J connectivity index is 2.05. The number of benzene rings is 1. The number of aliphatic hydroxyl groups is 1. The summed E-state index contributed by atoms with van der Waals surface area (Å²) < 4.78 is 0.941. The van der Waals surface area contributed by atoms with Gasteiger partial charge in [-0.3, -0.25) is 4.90 Å². The van der Waals surface area contributed by atoms with Gasteiger partial charge in [0.2, 0.25) is 0 Å². The van der Waals surface area contributed by atoms with Gasteiger partial charge in [0.15, 0.2) is 0 Å². The fourth-order valence-electron chi connectivity index (χ4n) is 2.24. The Hall–Kier alpha value is -0.580. The predicted molar refractivity (Wildman–Crippen MR) is 69.1 cm³/mol. The SMILES string of the molecule is Nc1cc(CN2CCCC2CO)ccc1Br. The first kappa shape index (κ1) is 11.9. The van der Waals surface area contributed by atoms with Crippen LogP contribution in [0.1, 0.15) is 18.4 Å². The van der Waals surface area contributed by atoms with Gasteiger partial charge >= 0.3 is 0 Å². The zero-order valence-electron chi connectivity index (χ0n) is 9.19. The first-order valence-corrected chi connectivity index (χ1v) is 6.39. The molecule has 0 radical (unpaired) electrons. The lowest BCUT2D eigenvalue weighted by Gasteiger charge is -2.22. The van der Waals surface area contributed by atoms with Gasteiger partial charge in [-0.05, 0) is 53.0 Å². The van der Waals surface area contributed by atoms with Gasteiger partial charge in [-0.25, -0.2) is 0 Å². The van der Waals surface area contributed by atoms with Crippen molar-refractivity contribution in [2.45, 2.75) is 25.4 Å². The third-order valence-corrected chi connectivity index (χ3v) is 3.88. The summed E-state index contributed by atoms with van der Waals surface area (Å²) in [5.41, 5.74) is 7.83. The fraction of sp³-hybridized carbons (Fsp3) is 0.500. The molecule has 1 aliphatic rings. The van der Waals surface area contributed by atoms with Gasteiger partial charge in [0.1, 0.15) is 0 Å². The maximum Gasteiger partial charge on any atom is 0.0587 e. The van der Waals surface area contributed by atoms with Crippen molar-refractivity contribution in [3.05, 3.63) is 28.2 Å². The molecule has 88 valence electrons. The molecule has 1 atom stereocenters. The summed E-state index contributed by atoms with van der Waals surface area (Å²) in [6, 6.07) is 6.38. The van der Waals surface area contributed by atoms with E-state index >= 15 is 0 Å². The first-order valence-electron chi connectivity index (χ1n) is 5.59. The molecule has 3 N–H and O–H groups in total. The quantitative estimate of drug-likeness (QED) is 0.835. The summed E-state index contributed by atoms with van der Waals surface area (Å²) in [4.78, 5) is 2.32. The lowest BCUT2D eigenvalue weighted by atomic mass is 10.1. The van der Waals surface area contributed by atoms with Gasteiger partial charge in [-0.1, -0.05) is 6.07 Å². The van der Waals surface area contributed by atoms with E-state index in [0.29, 0.717) is 6.04 Å². The molecule has 1 heterocycles. The van der Waals surface area contributed by atoms with Crippen LogP contribution in [0.25, 0.3) is 0 Å². The molecule has 1 unspecified atom stereocenters. The Morgan fingerprint density at radius 2 is 2.31 bits per heavy atom. The second kappa shape index (κ2) is 5.17. The molecule has 1 aromatic rings. The van der Waals surface area contributed by atoms with E-state index in [0.717, 1.165) is 29.7 Å². The van der Waals surface area contributed by atoms with E-state index in [1.54, 1.807) is 0 Å². The van der Waals surface area contributed by atoms with Gasteiger partial charge in [0, 0.05) is 22.7 Å². The summed E-state index contributed by atoms with van der Waals surface area (Å²) in [6.45, 7) is 2.20. The number of hydrogen-bond acceptors (Lipinski definition) is 3. The Kier molecular flexibility index (Phi) is 3.84. The molecule has 0 spiro atoms. The lowest BCUT2D eigenvalue weighted by Crippen LogP contribution is -2.31. The van der Waals surface area contributed by atoms with E-state index in [1.807, 2.05) is 12.1 Å². The number of aliphatic hydroxyl groups excluding tert-OH is 1. The van der Waals surface area contributed by atoms with Crippen LogP contribution in [0.4, 0.5) is 5.69 Å². The topological polar surface area (TPSA) is 49.5 Å². The molecule has 4 heteroatoms. The molecule has 0 amide bonds. The Bertz CT molecular complexity index is 370. The summed E-state index contributed by atoms with van der Waals surface area (Å²) in [6.07, 6.45) is 2.28. The number of halogens is 1. The van der Waals surface area contributed by atoms with Crippen molar-refractivity contribution in [2.24, 2.45) is 0 Å². The summed E-state index contributed by atoms with van der Waals surface area (Å²) in [5, 5.41) is 9.24. The van der Waals surface area contributed by atoms with E-state index in [4.69, 9.17) is 5.73 Å². The van der Waals surface area contributed by atoms with E-state index in [-0.39, 0.29) is 6.61 Å². The first-order chi connectivity index (χ1) is 7.70. The molecular weight excluding hydrogens is 268 g/mol. The highest BCUT2D eigenvalue weighted by atomic mass is 79.9. The van der Waals surface area contributed by atoms with E-state index in [9.17, 15) is 5.11 Å². The molecule has 1 aromatic carbocycles. The number of likely N-dealkylation sites (tertiary alicyclic amines) is 1. The van der Waals surface area contributed by atoms with Gasteiger partial charge in [0.25, 0.3) is 0 Å². The van der Waals surface area contributed by atoms with Crippen LogP contribution >= 0.6 is 15.9 Å². The standard InChI is InChI=1S/C12H17BrN2O/c13-11-4-3-9(6-12(11)14)7-15-5-1-2-10(15)8-16/h3-4,6,10,16H,1-2,5,7-8,14H2. The van der Waals surface area contributed by atoms with Crippen LogP contribution in [0.3, 0.4) is 0 Å². The predicted octanol–water partition coefficient (Wildman–Crippen LogP) is 1.99. The molecule has 0 aliphatic carbocycles. The third kappa shape index (κ3) is 2.56. The highest BCUT2D eigenvalue weighted by Gasteiger charge is 2.23. The monoisotopic (exact) mass is 284 g/mol. The van der Waals surface area contributed by atoms with Crippen LogP contribution in [0, 0.1) is 0 Å². The van der Waals surface area contributed by atoms with Crippen LogP contribution < -0.4 is 5.73 Å². The van der Waals surface area contributed by atoms with Crippen molar-refractivity contribution >= 4 is 21.6 Å². The van der Waals surface area contributed by atoms with Crippen molar-refractivity contribution in [3.63, 3.8) is 0 Å². The Labute approximate surface area is 104 Å². The molecule has 0 saturated carbocycles. The molecule has 2 rings (SSSR count). The van der Waals surface area contributed by atoms with Gasteiger partial charge in [-0.2, -0.15) is 0 Å². The third-order valence-electron chi connectivity index (χ3n) is 3.16. The Morgan fingerprint density at radius 3 is 3.00 bits per heavy atom. The smallest absolute Gasteiger partial charge is 0.0587 e. The number of hydrogen-bond donors (Lipinski definition) is 2. The minimum atomic E-state index is 0.256. The highest BCUT2D eigenvalue weighted by Crippen LogP contribution is 2.24. The normalized spacial score (nSPS) is 21.5. The molecular formula is C12H17BrN2O. The summed E-state index contributed by atoms with van der Waals surface area (Å²) in [7, 11) is 0. The fourth-order valence-corrected chi connectivity index (χ4v) is 2.48. The number of nitrogens with two attached hydrogens (primary N) is 1. The molecule has 3 nitrogen and oxygen atoms in total. The highest BCUT2D eigenvalue weighted by molar-refractivity contribution is 9.10. The van der Waals surface area contributed by atoms with Crippen LogP contribution in [-0.2, 0) is 6.54 Å². The molecule has 0 aromatic heterocycles. The van der Waals surface area contributed by atoms with Crippen molar-refractivity contribution in [1.29, 1.82) is 0 Å². The average molecular weight is 285 g/mol. The van der Waals surface area contributed by atoms with Crippen molar-refractivity contribution in [3.8, 4) is 0 Å². The van der Waals surface area contributed by atoms with Gasteiger partial charge < -0.3 is 10.8 Å². The second-order valence-corrected chi connectivity index (χ2v) is 5.16. The second-order valence-electron chi connectivity index (χ2n) is 4.30. The van der Waals surface area contributed by atoms with E-state index in [1.165, 1.54) is 12.0 Å². The molecule has 1 aliphatic heterocycles. The molecule has 0 bridgehead atoms. The zero-order valence-corrected chi connectivity index (χ0v) is 10.8. The van der Waals surface area contributed by atoms with E-state index in [2.05, 4.69) is 26.9 Å². The molecule has 1 saturated heterocycles. The summed E-state index contributed by atoms with van der Waals surface area (Å²) in [5.74, 6) is 0. The van der Waals surface area contributed by atoms with Crippen LogP contribution in [0.15, 0.2) is 22.7 Å². The zero-order chi connectivity index (χ0) is 11.5. The number of anilines is 1. The van der Waals surface area contributed by atoms with Crippen molar-refractivity contribution in [1.82, 2.24) is 4.90 Å². The van der Waals surface area contributed by atoms with E-state index < -0.39 is 0 Å². The lowest BCUT2D eigenvalue weighted by molar-refractivity contribution is 0.153. The minimum absolute atomic E-state index is 0.256. The number of nitrogen functional groups attached to an aromatic ring is 1. The number of nitrogens with zero attached hydrogens (tertiary/aromatic N) is 1. The average Bonchev–Trinajstić information content (AvgIpc) is 2.71. The van der Waals surface area contributed by atoms with Crippen molar-refractivity contribution < 1.29 is 5.11 Å². The molecule has 1 fully saturated rings. The largest absolute Gasteiger partial charge is 0.398 e. The molecule has 16 heavy (non-hydrogen) atoms. The van der Waals surface area contributed by atoms with Crippen LogP contribution in [0.5, 0.6) is 0 Å². The maximum absolute atomic E-state index is 9.24. The maximum atomic E-state index is 9.24. The summed E-state index contributed by atoms with van der Waals surface area (Å²) >= 11 is 3.39. The van der Waals surface area contributed by atoms with Crippen LogP contribution in [-0.4, -0.2) is 29.2 Å². The van der Waals surface area contributed by atoms with Crippen LogP contribution in [0.2, 0.25) is 0 Å². The van der Waals surface area contributed by atoms with Gasteiger partial charge in [0.05, 0.1) is 6.61 Å². The van der Waals surface area contributed by atoms with Gasteiger partial charge in [-0.15, -0.1) is 0 Å². The number of rotatable bonds is 3. The Morgan fingerprint density at radius 1 is 1.50 bits per heavy atom.